The third kappa shape index (κ3) is 6.36. The highest BCUT2D eigenvalue weighted by molar-refractivity contribution is 7.84. The minimum Gasteiger partial charge on any atom is -0.367 e. The molecule has 0 aliphatic heterocycles. The molecular formula is C22H24ClN5O4S2. The second-order valence-corrected chi connectivity index (χ2v) is 11.1. The van der Waals surface area contributed by atoms with E-state index in [2.05, 4.69) is 20.3 Å². The van der Waals surface area contributed by atoms with Crippen LogP contribution in [0.25, 0.3) is 0 Å². The average Bonchev–Trinajstić information content (AvgIpc) is 3.38. The number of aromatic nitrogens is 3. The van der Waals surface area contributed by atoms with Crippen LogP contribution in [0.4, 0.5) is 5.82 Å². The maximum atomic E-state index is 13.3. The maximum absolute atomic E-state index is 13.3. The van der Waals surface area contributed by atoms with Gasteiger partial charge < -0.3 is 5.32 Å². The van der Waals surface area contributed by atoms with Crippen LogP contribution < -0.4 is 10.5 Å². The average molecular weight is 522 g/mol. The van der Waals surface area contributed by atoms with E-state index in [-0.39, 0.29) is 24.3 Å². The first-order valence-electron chi connectivity index (χ1n) is 10.7. The first kappa shape index (κ1) is 24.7. The summed E-state index contributed by atoms with van der Waals surface area (Å²) in [7, 11) is -3.96. The monoisotopic (exact) mass is 521 g/mol. The third-order valence-electron chi connectivity index (χ3n) is 5.65. The molecule has 9 nitrogen and oxygen atoms in total. The van der Waals surface area contributed by atoms with E-state index in [4.69, 9.17) is 20.9 Å². The van der Waals surface area contributed by atoms with Crippen molar-refractivity contribution >= 4 is 44.8 Å². The van der Waals surface area contributed by atoms with E-state index in [0.717, 1.165) is 29.0 Å². The molecule has 0 amide bonds. The quantitative estimate of drug-likeness (QED) is 0.408. The fraction of sp³-hybridized carbons (Fsp3) is 0.364. The number of anilines is 1. The van der Waals surface area contributed by atoms with Crippen LogP contribution in [0.5, 0.6) is 0 Å². The number of carbonyl (C=O) groups is 1. The molecule has 180 valence electrons. The van der Waals surface area contributed by atoms with Gasteiger partial charge in [-0.25, -0.2) is 20.1 Å². The number of aryl methyl sites for hydroxylation is 1. The van der Waals surface area contributed by atoms with Gasteiger partial charge in [-0.3, -0.25) is 8.98 Å². The Morgan fingerprint density at radius 3 is 2.94 bits per heavy atom. The van der Waals surface area contributed by atoms with Crippen molar-refractivity contribution in [2.24, 2.45) is 11.1 Å². The number of hydrogen-bond acceptors (Lipinski definition) is 9. The van der Waals surface area contributed by atoms with Gasteiger partial charge in [-0.05, 0) is 49.8 Å². The highest BCUT2D eigenvalue weighted by Gasteiger charge is 2.28. The largest absolute Gasteiger partial charge is 0.367 e. The minimum absolute atomic E-state index is 0.0203. The molecule has 1 saturated carbocycles. The number of nitrogens with two attached hydrogens (primary N) is 1. The summed E-state index contributed by atoms with van der Waals surface area (Å²) in [6.07, 6.45) is 5.69. The number of hydrogen-bond donors (Lipinski definition) is 2. The van der Waals surface area contributed by atoms with E-state index in [1.807, 2.05) is 31.2 Å². The summed E-state index contributed by atoms with van der Waals surface area (Å²) in [6, 6.07) is 7.59. The number of nitrogens with one attached hydrogen (secondary N) is 1. The van der Waals surface area contributed by atoms with Crippen LogP contribution in [0, 0.1) is 12.8 Å². The van der Waals surface area contributed by atoms with E-state index < -0.39 is 10.3 Å². The van der Waals surface area contributed by atoms with Gasteiger partial charge in [0.15, 0.2) is 5.01 Å². The van der Waals surface area contributed by atoms with Crippen molar-refractivity contribution in [1.82, 2.24) is 15.0 Å². The van der Waals surface area contributed by atoms with Crippen molar-refractivity contribution in [3.05, 3.63) is 68.5 Å². The number of carbonyl (C=O) groups excluding carboxylic acids is 1. The lowest BCUT2D eigenvalue weighted by Crippen LogP contribution is -2.22. The van der Waals surface area contributed by atoms with Crippen LogP contribution in [0.15, 0.2) is 36.8 Å². The SMILES string of the molecule is Cc1sc(C(=O)c2cncnc2N[C@H]2CC[C@@H](COS(N)(=O)=O)C2)nc1Cc1cccc(Cl)c1. The Morgan fingerprint density at radius 2 is 2.18 bits per heavy atom. The zero-order chi connectivity index (χ0) is 24.3. The van der Waals surface area contributed by atoms with Gasteiger partial charge in [-0.2, -0.15) is 8.42 Å². The summed E-state index contributed by atoms with van der Waals surface area (Å²) < 4.78 is 26.8. The van der Waals surface area contributed by atoms with E-state index in [9.17, 15) is 13.2 Å². The van der Waals surface area contributed by atoms with Crippen LogP contribution in [-0.2, 0) is 20.9 Å². The normalized spacial score (nSPS) is 18.2. The van der Waals surface area contributed by atoms with Gasteiger partial charge in [0, 0.05) is 28.6 Å². The van der Waals surface area contributed by atoms with Crippen molar-refractivity contribution in [2.45, 2.75) is 38.6 Å². The van der Waals surface area contributed by atoms with Crippen molar-refractivity contribution < 1.29 is 17.4 Å². The predicted molar refractivity (Wildman–Crippen MR) is 130 cm³/mol. The second-order valence-electron chi connectivity index (χ2n) is 8.24. The molecule has 1 aliphatic rings. The third-order valence-corrected chi connectivity index (χ3v) is 7.37. The molecule has 4 rings (SSSR count). The molecule has 2 heterocycles. The van der Waals surface area contributed by atoms with Gasteiger partial charge in [0.25, 0.3) is 0 Å². The van der Waals surface area contributed by atoms with E-state index in [1.54, 1.807) is 0 Å². The highest BCUT2D eigenvalue weighted by atomic mass is 35.5. The fourth-order valence-corrected chi connectivity index (χ4v) is 5.48. The standard InChI is InChI=1S/C22H24ClN5O4S2/c1-13-19(9-14-3-2-4-16(23)7-14)28-22(33-13)20(29)18-10-25-12-26-21(18)27-17-6-5-15(8-17)11-32-34(24,30)31/h2-4,7,10,12,15,17H,5-6,8-9,11H2,1H3,(H2,24,30,31)(H,25,26,27)/t15-,17+/m1/s1. The lowest BCUT2D eigenvalue weighted by atomic mass is 10.1. The molecule has 1 aromatic carbocycles. The molecule has 12 heteroatoms. The Kier molecular flexibility index (Phi) is 7.58. The van der Waals surface area contributed by atoms with Crippen molar-refractivity contribution in [1.29, 1.82) is 0 Å². The molecule has 1 fully saturated rings. The summed E-state index contributed by atoms with van der Waals surface area (Å²) in [4.78, 5) is 27.2. The number of nitrogens with zero attached hydrogens (tertiary/aromatic N) is 3. The summed E-state index contributed by atoms with van der Waals surface area (Å²) in [5, 5.41) is 9.25. The molecule has 1 aliphatic carbocycles. The smallest absolute Gasteiger partial charge is 0.333 e. The van der Waals surface area contributed by atoms with Crippen molar-refractivity contribution in [3.8, 4) is 0 Å². The summed E-state index contributed by atoms with van der Waals surface area (Å²) in [5.41, 5.74) is 2.19. The molecule has 3 N–H and O–H groups in total. The molecule has 2 atom stereocenters. The number of thiazole rings is 1. The maximum Gasteiger partial charge on any atom is 0.333 e. The topological polar surface area (TPSA) is 137 Å². The highest BCUT2D eigenvalue weighted by Crippen LogP contribution is 2.30. The zero-order valence-electron chi connectivity index (χ0n) is 18.4. The molecule has 3 aromatic rings. The fourth-order valence-electron chi connectivity index (χ4n) is 4.00. The number of ketones is 1. The minimum atomic E-state index is -3.96. The van der Waals surface area contributed by atoms with Crippen LogP contribution in [-0.4, -0.2) is 41.8 Å². The van der Waals surface area contributed by atoms with Crippen LogP contribution in [0.2, 0.25) is 5.02 Å². The van der Waals surface area contributed by atoms with Crippen molar-refractivity contribution in [2.75, 3.05) is 11.9 Å². The molecule has 2 aromatic heterocycles. The lowest BCUT2D eigenvalue weighted by Gasteiger charge is -2.15. The Bertz CT molecular complexity index is 1300. The first-order chi connectivity index (χ1) is 16.2. The number of benzene rings is 1. The summed E-state index contributed by atoms with van der Waals surface area (Å²) in [5.74, 6) is 0.232. The van der Waals surface area contributed by atoms with Gasteiger partial charge >= 0.3 is 10.3 Å². The Balaban J connectivity index is 1.46. The van der Waals surface area contributed by atoms with E-state index in [1.165, 1.54) is 23.9 Å². The molecule has 0 radical (unpaired) electrons. The lowest BCUT2D eigenvalue weighted by molar-refractivity contribution is 0.103. The van der Waals surface area contributed by atoms with Crippen molar-refractivity contribution in [3.63, 3.8) is 0 Å². The van der Waals surface area contributed by atoms with E-state index in [0.29, 0.717) is 34.3 Å². The molecule has 0 unspecified atom stereocenters. The molecular weight excluding hydrogens is 498 g/mol. The second kappa shape index (κ2) is 10.4. The Hall–Kier alpha value is -2.44. The first-order valence-corrected chi connectivity index (χ1v) is 13.3. The molecule has 0 spiro atoms. The van der Waals surface area contributed by atoms with Crippen LogP contribution >= 0.6 is 22.9 Å². The Morgan fingerprint density at radius 1 is 1.35 bits per heavy atom. The zero-order valence-corrected chi connectivity index (χ0v) is 20.8. The van der Waals surface area contributed by atoms with Crippen LogP contribution in [0.3, 0.4) is 0 Å². The van der Waals surface area contributed by atoms with Gasteiger partial charge in [-0.15, -0.1) is 11.3 Å². The molecule has 34 heavy (non-hydrogen) atoms. The predicted octanol–water partition coefficient (Wildman–Crippen LogP) is 3.52. The summed E-state index contributed by atoms with van der Waals surface area (Å²) in [6.45, 7) is 1.98. The van der Waals surface area contributed by atoms with Gasteiger partial charge in [0.05, 0.1) is 17.9 Å². The van der Waals surface area contributed by atoms with E-state index >= 15 is 0 Å². The molecule has 0 bridgehead atoms. The van der Waals surface area contributed by atoms with Crippen LogP contribution in [0.1, 0.15) is 50.8 Å². The van der Waals surface area contributed by atoms with Gasteiger partial charge in [0.2, 0.25) is 5.78 Å². The summed E-state index contributed by atoms with van der Waals surface area (Å²) >= 11 is 7.43. The number of halogens is 1. The van der Waals surface area contributed by atoms with Gasteiger partial charge in [0.1, 0.15) is 12.1 Å². The molecule has 0 saturated heterocycles. The number of rotatable bonds is 9. The Labute approximate surface area is 207 Å². The van der Waals surface area contributed by atoms with Gasteiger partial charge in [-0.1, -0.05) is 23.7 Å².